The Morgan fingerprint density at radius 2 is 2.05 bits per heavy atom. The maximum atomic E-state index is 9.93. The Labute approximate surface area is 121 Å². The maximum absolute atomic E-state index is 9.93. The third kappa shape index (κ3) is 2.76. The van der Waals surface area contributed by atoms with Crippen LogP contribution in [0.4, 0.5) is 5.82 Å². The molecule has 2 heterocycles. The molecular weight excluding hydrogens is 268 g/mol. The lowest BCUT2D eigenvalue weighted by atomic mass is 10.2. The van der Waals surface area contributed by atoms with Crippen LogP contribution in [-0.4, -0.2) is 36.9 Å². The minimum Gasteiger partial charge on any atom is -0.508 e. The molecule has 0 radical (unpaired) electrons. The molecule has 0 atom stereocenters. The highest BCUT2D eigenvalue weighted by molar-refractivity contribution is 5.46. The first kappa shape index (κ1) is 13.3. The predicted molar refractivity (Wildman–Crippen MR) is 78.0 cm³/mol. The third-order valence-corrected chi connectivity index (χ3v) is 3.23. The van der Waals surface area contributed by atoms with Crippen LogP contribution in [0.2, 0.25) is 0 Å². The second kappa shape index (κ2) is 5.74. The predicted octanol–water partition coefficient (Wildman–Crippen LogP) is 1.64. The zero-order chi connectivity index (χ0) is 14.7. The Hall–Kier alpha value is -2.70. The zero-order valence-electron chi connectivity index (χ0n) is 11.7. The molecule has 0 aliphatic rings. The van der Waals surface area contributed by atoms with Gasteiger partial charge in [-0.2, -0.15) is 0 Å². The molecule has 3 rings (SSSR count). The number of aromatic hydroxyl groups is 1. The van der Waals surface area contributed by atoms with E-state index in [2.05, 4.69) is 32.4 Å². The molecule has 1 N–H and O–H groups in total. The molecule has 1 aromatic carbocycles. The van der Waals surface area contributed by atoms with E-state index in [-0.39, 0.29) is 0 Å². The Balaban J connectivity index is 1.91. The maximum Gasteiger partial charge on any atom is 0.200 e. The molecular formula is C14H16N6O. The van der Waals surface area contributed by atoms with Crippen molar-refractivity contribution in [3.63, 3.8) is 0 Å². The van der Waals surface area contributed by atoms with Crippen molar-refractivity contribution in [2.24, 2.45) is 0 Å². The fourth-order valence-corrected chi connectivity index (χ4v) is 2.20. The first-order valence-corrected chi connectivity index (χ1v) is 6.85. The van der Waals surface area contributed by atoms with Gasteiger partial charge >= 0.3 is 0 Å². The molecule has 108 valence electrons. The molecule has 0 spiro atoms. The summed E-state index contributed by atoms with van der Waals surface area (Å²) >= 11 is 0. The van der Waals surface area contributed by atoms with Gasteiger partial charge in [-0.1, -0.05) is 25.1 Å². The van der Waals surface area contributed by atoms with Crippen molar-refractivity contribution in [2.45, 2.75) is 19.9 Å². The van der Waals surface area contributed by atoms with E-state index in [1.54, 1.807) is 6.07 Å². The van der Waals surface area contributed by atoms with E-state index in [9.17, 15) is 5.11 Å². The normalized spacial score (nSPS) is 10.9. The molecule has 7 nitrogen and oxygen atoms in total. The van der Waals surface area contributed by atoms with Gasteiger partial charge in [0.1, 0.15) is 5.75 Å². The summed E-state index contributed by atoms with van der Waals surface area (Å²) in [6.07, 6.45) is 0.975. The van der Waals surface area contributed by atoms with Gasteiger partial charge < -0.3 is 10.0 Å². The Bertz CT molecular complexity index is 741. The average Bonchev–Trinajstić information content (AvgIpc) is 2.96. The SMILES string of the molecule is CCCN(Cc1ccccc1O)c1ccc2nnnn2n1. The van der Waals surface area contributed by atoms with Crippen molar-refractivity contribution in [1.29, 1.82) is 0 Å². The minimum absolute atomic E-state index is 0.294. The van der Waals surface area contributed by atoms with Crippen LogP contribution in [0.1, 0.15) is 18.9 Å². The van der Waals surface area contributed by atoms with Gasteiger partial charge in [0.2, 0.25) is 0 Å². The molecule has 0 bridgehead atoms. The lowest BCUT2D eigenvalue weighted by Crippen LogP contribution is -2.25. The average molecular weight is 284 g/mol. The molecule has 0 amide bonds. The van der Waals surface area contributed by atoms with Crippen molar-refractivity contribution in [2.75, 3.05) is 11.4 Å². The van der Waals surface area contributed by atoms with Gasteiger partial charge in [-0.25, -0.2) is 0 Å². The number of anilines is 1. The summed E-state index contributed by atoms with van der Waals surface area (Å²) < 4.78 is 1.41. The summed E-state index contributed by atoms with van der Waals surface area (Å²) in [6, 6.07) is 11.0. The van der Waals surface area contributed by atoms with Gasteiger partial charge in [0.05, 0.1) is 0 Å². The fraction of sp³-hybridized carbons (Fsp3) is 0.286. The number of aromatic nitrogens is 5. The molecule has 21 heavy (non-hydrogen) atoms. The van der Waals surface area contributed by atoms with Crippen molar-refractivity contribution < 1.29 is 5.11 Å². The van der Waals surface area contributed by atoms with Gasteiger partial charge in [0, 0.05) is 18.7 Å². The highest BCUT2D eigenvalue weighted by Gasteiger charge is 2.12. The van der Waals surface area contributed by atoms with Crippen molar-refractivity contribution in [3.05, 3.63) is 42.0 Å². The molecule has 2 aromatic heterocycles. The quantitative estimate of drug-likeness (QED) is 0.767. The van der Waals surface area contributed by atoms with Gasteiger partial charge in [-0.05, 0) is 35.0 Å². The third-order valence-electron chi connectivity index (χ3n) is 3.23. The van der Waals surface area contributed by atoms with Crippen LogP contribution < -0.4 is 4.90 Å². The topological polar surface area (TPSA) is 79.4 Å². The van der Waals surface area contributed by atoms with Crippen molar-refractivity contribution in [3.8, 4) is 5.75 Å². The van der Waals surface area contributed by atoms with Crippen molar-refractivity contribution >= 4 is 11.5 Å². The van der Waals surface area contributed by atoms with Crippen LogP contribution in [0, 0.1) is 0 Å². The number of tetrazole rings is 1. The van der Waals surface area contributed by atoms with E-state index in [1.807, 2.05) is 30.3 Å². The van der Waals surface area contributed by atoms with Crippen LogP contribution >= 0.6 is 0 Å². The standard InChI is InChI=1S/C14H16N6O/c1-2-9-19(10-11-5-3-4-6-12(11)21)14-8-7-13-15-17-18-20(13)16-14/h3-8,21H,2,9-10H2,1H3. The zero-order valence-corrected chi connectivity index (χ0v) is 11.7. The van der Waals surface area contributed by atoms with Crippen LogP contribution in [0.5, 0.6) is 5.75 Å². The van der Waals surface area contributed by atoms with E-state index in [4.69, 9.17) is 0 Å². The van der Waals surface area contributed by atoms with Gasteiger partial charge in [0.25, 0.3) is 0 Å². The van der Waals surface area contributed by atoms with Crippen LogP contribution in [0.3, 0.4) is 0 Å². The number of hydrogen-bond donors (Lipinski definition) is 1. The van der Waals surface area contributed by atoms with E-state index in [0.717, 1.165) is 24.3 Å². The number of phenols is 1. The van der Waals surface area contributed by atoms with Gasteiger partial charge in [-0.15, -0.1) is 14.8 Å². The molecule has 0 fully saturated rings. The molecule has 0 aliphatic heterocycles. The summed E-state index contributed by atoms with van der Waals surface area (Å²) in [4.78, 5) is 2.09. The summed E-state index contributed by atoms with van der Waals surface area (Å²) in [5.41, 5.74) is 1.47. The van der Waals surface area contributed by atoms with E-state index in [0.29, 0.717) is 17.9 Å². The monoisotopic (exact) mass is 284 g/mol. The molecule has 0 saturated heterocycles. The Morgan fingerprint density at radius 3 is 2.86 bits per heavy atom. The second-order valence-electron chi connectivity index (χ2n) is 4.77. The molecule has 3 aromatic rings. The highest BCUT2D eigenvalue weighted by Crippen LogP contribution is 2.21. The number of rotatable bonds is 5. The first-order valence-electron chi connectivity index (χ1n) is 6.85. The van der Waals surface area contributed by atoms with Crippen molar-refractivity contribution in [1.82, 2.24) is 25.3 Å². The molecule has 0 unspecified atom stereocenters. The van der Waals surface area contributed by atoms with Crippen LogP contribution in [0.25, 0.3) is 5.65 Å². The van der Waals surface area contributed by atoms with Crippen LogP contribution in [0.15, 0.2) is 36.4 Å². The first-order chi connectivity index (χ1) is 10.3. The Kier molecular flexibility index (Phi) is 3.63. The molecule has 7 heteroatoms. The number of hydrogen-bond acceptors (Lipinski definition) is 6. The lowest BCUT2D eigenvalue weighted by molar-refractivity contribution is 0.467. The molecule has 0 aliphatic carbocycles. The smallest absolute Gasteiger partial charge is 0.200 e. The summed E-state index contributed by atoms with van der Waals surface area (Å²) in [5, 5.41) is 25.6. The lowest BCUT2D eigenvalue weighted by Gasteiger charge is -2.23. The number of nitrogens with zero attached hydrogens (tertiary/aromatic N) is 6. The number of fused-ring (bicyclic) bond motifs is 1. The van der Waals surface area contributed by atoms with E-state index in [1.165, 1.54) is 4.63 Å². The largest absolute Gasteiger partial charge is 0.508 e. The minimum atomic E-state index is 0.294. The molecule has 0 saturated carbocycles. The summed E-state index contributed by atoms with van der Waals surface area (Å²) in [6.45, 7) is 3.52. The van der Waals surface area contributed by atoms with E-state index < -0.39 is 0 Å². The van der Waals surface area contributed by atoms with E-state index >= 15 is 0 Å². The fourth-order valence-electron chi connectivity index (χ4n) is 2.20. The highest BCUT2D eigenvalue weighted by atomic mass is 16.3. The number of benzene rings is 1. The van der Waals surface area contributed by atoms with Gasteiger partial charge in [-0.3, -0.25) is 0 Å². The number of para-hydroxylation sites is 1. The Morgan fingerprint density at radius 1 is 1.19 bits per heavy atom. The second-order valence-corrected chi connectivity index (χ2v) is 4.77. The van der Waals surface area contributed by atoms with Crippen LogP contribution in [-0.2, 0) is 6.54 Å². The number of phenolic OH excluding ortho intramolecular Hbond substituents is 1. The van der Waals surface area contributed by atoms with Gasteiger partial charge in [0.15, 0.2) is 11.5 Å². The summed E-state index contributed by atoms with van der Waals surface area (Å²) in [5.74, 6) is 1.07. The summed E-state index contributed by atoms with van der Waals surface area (Å²) in [7, 11) is 0.